The summed E-state index contributed by atoms with van der Waals surface area (Å²) in [6, 6.07) is 6.00. The molecule has 1 N–H and O–H groups in total. The predicted molar refractivity (Wildman–Crippen MR) is 103 cm³/mol. The van der Waals surface area contributed by atoms with Crippen molar-refractivity contribution in [3.8, 4) is 22.9 Å². The maximum absolute atomic E-state index is 10.00. The zero-order valence-electron chi connectivity index (χ0n) is 16.0. The average Bonchev–Trinajstić information content (AvgIpc) is 3.33. The molecule has 146 valence electrons. The van der Waals surface area contributed by atoms with Crippen LogP contribution in [0.25, 0.3) is 11.4 Å². The number of phenols is 1. The number of aromatic nitrogens is 2. The molecule has 0 spiro atoms. The van der Waals surface area contributed by atoms with Gasteiger partial charge in [0.05, 0.1) is 31.9 Å². The first kappa shape index (κ1) is 18.3. The van der Waals surface area contributed by atoms with Crippen LogP contribution < -0.4 is 4.74 Å². The number of ether oxygens (including phenoxy) is 2. The molecule has 2 saturated heterocycles. The lowest BCUT2D eigenvalue weighted by Crippen LogP contribution is -2.51. The minimum Gasteiger partial charge on any atom is -0.504 e. The van der Waals surface area contributed by atoms with E-state index in [9.17, 15) is 5.11 Å². The number of hydrogen-bond acceptors (Lipinski definition) is 6. The van der Waals surface area contributed by atoms with Crippen LogP contribution in [0.3, 0.4) is 0 Å². The van der Waals surface area contributed by atoms with Crippen molar-refractivity contribution >= 4 is 0 Å². The molecule has 2 aromatic rings. The summed E-state index contributed by atoms with van der Waals surface area (Å²) in [6.07, 6.45) is 3.87. The van der Waals surface area contributed by atoms with Crippen molar-refractivity contribution in [1.29, 1.82) is 0 Å². The standard InChI is InChI=1S/C20H28N4O3/c1-3-27-19-12-15(4-5-18(19)25)20-21-6-7-24(20)17-14-26-13-16(17)23-10-8-22(2)9-11-23/h4-7,12,16-17,25H,3,8-11,13-14H2,1-2H3/t16-,17-/m0/s1. The topological polar surface area (TPSA) is 63.0 Å². The van der Waals surface area contributed by atoms with E-state index in [2.05, 4.69) is 26.4 Å². The van der Waals surface area contributed by atoms with Gasteiger partial charge < -0.3 is 24.0 Å². The highest BCUT2D eigenvalue weighted by Gasteiger charge is 2.36. The van der Waals surface area contributed by atoms with Crippen LogP contribution in [0.1, 0.15) is 13.0 Å². The number of nitrogens with zero attached hydrogens (tertiary/aromatic N) is 4. The van der Waals surface area contributed by atoms with E-state index in [1.165, 1.54) is 0 Å². The Labute approximate surface area is 160 Å². The average molecular weight is 372 g/mol. The van der Waals surface area contributed by atoms with Gasteiger partial charge in [-0.15, -0.1) is 0 Å². The van der Waals surface area contributed by atoms with Gasteiger partial charge in [0.25, 0.3) is 0 Å². The molecular weight excluding hydrogens is 344 g/mol. The summed E-state index contributed by atoms with van der Waals surface area (Å²) in [6.45, 7) is 8.18. The van der Waals surface area contributed by atoms with E-state index in [1.54, 1.807) is 6.07 Å². The van der Waals surface area contributed by atoms with E-state index in [0.29, 0.717) is 25.0 Å². The Morgan fingerprint density at radius 2 is 1.96 bits per heavy atom. The fourth-order valence-electron chi connectivity index (χ4n) is 4.03. The third-order valence-corrected chi connectivity index (χ3v) is 5.57. The summed E-state index contributed by atoms with van der Waals surface area (Å²) < 4.78 is 13.6. The molecular formula is C20H28N4O3. The van der Waals surface area contributed by atoms with E-state index >= 15 is 0 Å². The summed E-state index contributed by atoms with van der Waals surface area (Å²) in [5.41, 5.74) is 0.935. The Morgan fingerprint density at radius 3 is 2.74 bits per heavy atom. The molecule has 27 heavy (non-hydrogen) atoms. The second kappa shape index (κ2) is 7.88. The van der Waals surface area contributed by atoms with Crippen LogP contribution in [0.2, 0.25) is 0 Å². The summed E-state index contributed by atoms with van der Waals surface area (Å²) in [5.74, 6) is 1.52. The van der Waals surface area contributed by atoms with E-state index in [0.717, 1.165) is 44.2 Å². The van der Waals surface area contributed by atoms with E-state index in [4.69, 9.17) is 9.47 Å². The molecule has 1 aromatic heterocycles. The Morgan fingerprint density at radius 1 is 1.19 bits per heavy atom. The maximum atomic E-state index is 10.00. The molecule has 2 aliphatic heterocycles. The van der Waals surface area contributed by atoms with Gasteiger partial charge in [-0.25, -0.2) is 4.98 Å². The number of aromatic hydroxyl groups is 1. The van der Waals surface area contributed by atoms with Crippen LogP contribution >= 0.6 is 0 Å². The predicted octanol–water partition coefficient (Wildman–Crippen LogP) is 1.84. The number of rotatable bonds is 5. The van der Waals surface area contributed by atoms with Gasteiger partial charge in [0.1, 0.15) is 5.82 Å². The van der Waals surface area contributed by atoms with Gasteiger partial charge >= 0.3 is 0 Å². The Kier molecular flexibility index (Phi) is 5.33. The largest absolute Gasteiger partial charge is 0.504 e. The fraction of sp³-hybridized carbons (Fsp3) is 0.550. The lowest BCUT2D eigenvalue weighted by atomic mass is 10.1. The number of benzene rings is 1. The molecule has 0 unspecified atom stereocenters. The first-order valence-corrected chi connectivity index (χ1v) is 9.66. The highest BCUT2D eigenvalue weighted by molar-refractivity contribution is 5.61. The Bertz CT molecular complexity index is 770. The first-order valence-electron chi connectivity index (χ1n) is 9.66. The maximum Gasteiger partial charge on any atom is 0.161 e. The molecule has 0 radical (unpaired) electrons. The quantitative estimate of drug-likeness (QED) is 0.864. The van der Waals surface area contributed by atoms with Gasteiger partial charge in [0.15, 0.2) is 11.5 Å². The van der Waals surface area contributed by atoms with E-state index < -0.39 is 0 Å². The monoisotopic (exact) mass is 372 g/mol. The lowest BCUT2D eigenvalue weighted by Gasteiger charge is -2.38. The second-order valence-electron chi connectivity index (χ2n) is 7.29. The molecule has 2 aliphatic rings. The number of likely N-dealkylation sites (N-methyl/N-ethyl adjacent to an activating group) is 1. The normalized spacial score (nSPS) is 24.4. The number of hydrogen-bond donors (Lipinski definition) is 1. The molecule has 4 rings (SSSR count). The highest BCUT2D eigenvalue weighted by Crippen LogP contribution is 2.34. The molecule has 7 nitrogen and oxygen atoms in total. The molecule has 7 heteroatoms. The zero-order chi connectivity index (χ0) is 18.8. The second-order valence-corrected chi connectivity index (χ2v) is 7.29. The smallest absolute Gasteiger partial charge is 0.161 e. The molecule has 0 saturated carbocycles. The van der Waals surface area contributed by atoms with Crippen molar-refractivity contribution in [3.63, 3.8) is 0 Å². The van der Waals surface area contributed by atoms with Crippen molar-refractivity contribution in [1.82, 2.24) is 19.4 Å². The molecule has 2 fully saturated rings. The van der Waals surface area contributed by atoms with Gasteiger partial charge in [-0.1, -0.05) is 0 Å². The zero-order valence-corrected chi connectivity index (χ0v) is 16.0. The van der Waals surface area contributed by atoms with E-state index in [-0.39, 0.29) is 11.8 Å². The number of phenolic OH excluding ortho intramolecular Hbond substituents is 1. The number of piperazine rings is 1. The van der Waals surface area contributed by atoms with Crippen molar-refractivity contribution in [2.75, 3.05) is 53.0 Å². The van der Waals surface area contributed by atoms with Crippen molar-refractivity contribution in [3.05, 3.63) is 30.6 Å². The Hall–Kier alpha value is -2.09. The molecule has 0 bridgehead atoms. The SMILES string of the molecule is CCOc1cc(-c2nccn2[C@H]2COC[C@@H]2N2CCN(C)CC2)ccc1O. The van der Waals surface area contributed by atoms with Crippen LogP contribution in [0, 0.1) is 0 Å². The molecule has 2 atom stereocenters. The van der Waals surface area contributed by atoms with Crippen LogP contribution in [-0.4, -0.2) is 83.5 Å². The van der Waals surface area contributed by atoms with Crippen molar-refractivity contribution in [2.24, 2.45) is 0 Å². The minimum atomic E-state index is 0.151. The molecule has 0 aliphatic carbocycles. The van der Waals surface area contributed by atoms with E-state index in [1.807, 2.05) is 31.5 Å². The van der Waals surface area contributed by atoms with Gasteiger partial charge in [-0.2, -0.15) is 0 Å². The highest BCUT2D eigenvalue weighted by atomic mass is 16.5. The van der Waals surface area contributed by atoms with Gasteiger partial charge in [0, 0.05) is 44.1 Å². The van der Waals surface area contributed by atoms with Crippen LogP contribution in [0.15, 0.2) is 30.6 Å². The van der Waals surface area contributed by atoms with Crippen molar-refractivity contribution in [2.45, 2.75) is 19.0 Å². The molecule has 1 aromatic carbocycles. The molecule has 0 amide bonds. The van der Waals surface area contributed by atoms with Gasteiger partial charge in [0.2, 0.25) is 0 Å². The Balaban J connectivity index is 1.60. The fourth-order valence-corrected chi connectivity index (χ4v) is 4.03. The minimum absolute atomic E-state index is 0.151. The van der Waals surface area contributed by atoms with Gasteiger partial charge in [-0.05, 0) is 32.2 Å². The van der Waals surface area contributed by atoms with Crippen LogP contribution in [0.5, 0.6) is 11.5 Å². The summed E-state index contributed by atoms with van der Waals surface area (Å²) in [4.78, 5) is 9.51. The van der Waals surface area contributed by atoms with Crippen LogP contribution in [-0.2, 0) is 4.74 Å². The summed E-state index contributed by atoms with van der Waals surface area (Å²) >= 11 is 0. The van der Waals surface area contributed by atoms with Gasteiger partial charge in [-0.3, -0.25) is 4.90 Å². The molecule has 3 heterocycles. The number of imidazole rings is 1. The first-order chi connectivity index (χ1) is 13.2. The lowest BCUT2D eigenvalue weighted by molar-refractivity contribution is 0.0889. The summed E-state index contributed by atoms with van der Waals surface area (Å²) in [7, 11) is 2.18. The summed E-state index contributed by atoms with van der Waals surface area (Å²) in [5, 5.41) is 10.00. The van der Waals surface area contributed by atoms with Crippen molar-refractivity contribution < 1.29 is 14.6 Å². The third-order valence-electron chi connectivity index (χ3n) is 5.57. The van der Waals surface area contributed by atoms with Crippen LogP contribution in [0.4, 0.5) is 0 Å². The third kappa shape index (κ3) is 3.67.